The standard InChI is InChI=1S/C8H10FNO2/c1-12-7-4-6(2-3-11)5-10-8(7)9/h4-5,11H,2-3H2,1H3. The van der Waals surface area contributed by atoms with Crippen molar-refractivity contribution in [2.75, 3.05) is 13.7 Å². The molecule has 0 amide bonds. The summed E-state index contributed by atoms with van der Waals surface area (Å²) in [6.45, 7) is 0.0243. The Morgan fingerprint density at radius 2 is 2.42 bits per heavy atom. The summed E-state index contributed by atoms with van der Waals surface area (Å²) in [5.41, 5.74) is 0.760. The highest BCUT2D eigenvalue weighted by molar-refractivity contribution is 5.24. The molecule has 0 fully saturated rings. The quantitative estimate of drug-likeness (QED) is 0.683. The van der Waals surface area contributed by atoms with E-state index in [0.717, 1.165) is 5.56 Å². The van der Waals surface area contributed by atoms with Gasteiger partial charge in [-0.25, -0.2) is 4.98 Å². The molecule has 1 aromatic rings. The van der Waals surface area contributed by atoms with E-state index in [2.05, 4.69) is 4.98 Å². The third-order valence-electron chi connectivity index (χ3n) is 1.48. The van der Waals surface area contributed by atoms with E-state index in [1.165, 1.54) is 19.4 Å². The number of hydrogen-bond acceptors (Lipinski definition) is 3. The maximum Gasteiger partial charge on any atom is 0.255 e. The highest BCUT2D eigenvalue weighted by Gasteiger charge is 2.03. The summed E-state index contributed by atoms with van der Waals surface area (Å²) in [7, 11) is 1.38. The molecule has 1 heterocycles. The number of aliphatic hydroxyl groups is 1. The predicted octanol–water partition coefficient (Wildman–Crippen LogP) is 0.764. The summed E-state index contributed by atoms with van der Waals surface area (Å²) in [5, 5.41) is 8.59. The van der Waals surface area contributed by atoms with Gasteiger partial charge in [0.15, 0.2) is 5.75 Å². The number of ether oxygens (including phenoxy) is 1. The number of nitrogens with zero attached hydrogens (tertiary/aromatic N) is 1. The van der Waals surface area contributed by atoms with E-state index in [4.69, 9.17) is 9.84 Å². The van der Waals surface area contributed by atoms with Crippen LogP contribution in [0.25, 0.3) is 0 Å². The van der Waals surface area contributed by atoms with Gasteiger partial charge in [0.05, 0.1) is 7.11 Å². The van der Waals surface area contributed by atoms with Gasteiger partial charge >= 0.3 is 0 Å². The van der Waals surface area contributed by atoms with Crippen LogP contribution in [0.15, 0.2) is 12.3 Å². The van der Waals surface area contributed by atoms with Crippen LogP contribution in [0, 0.1) is 5.95 Å². The smallest absolute Gasteiger partial charge is 0.255 e. The number of methoxy groups -OCH3 is 1. The summed E-state index contributed by atoms with van der Waals surface area (Å²) in [6.07, 6.45) is 1.84. The zero-order valence-electron chi connectivity index (χ0n) is 6.75. The molecule has 0 bridgehead atoms. The molecule has 1 aromatic heterocycles. The molecule has 0 spiro atoms. The topological polar surface area (TPSA) is 42.4 Å². The van der Waals surface area contributed by atoms with Crippen LogP contribution in [0.2, 0.25) is 0 Å². The van der Waals surface area contributed by atoms with Crippen molar-refractivity contribution in [3.63, 3.8) is 0 Å². The highest BCUT2D eigenvalue weighted by atomic mass is 19.1. The Labute approximate surface area is 69.8 Å². The molecule has 3 nitrogen and oxygen atoms in total. The number of aromatic nitrogens is 1. The van der Waals surface area contributed by atoms with Gasteiger partial charge in [-0.2, -0.15) is 4.39 Å². The second-order valence-corrected chi connectivity index (χ2v) is 2.31. The minimum absolute atomic E-state index is 0.0243. The number of pyridine rings is 1. The number of rotatable bonds is 3. The van der Waals surface area contributed by atoms with Gasteiger partial charge in [-0.1, -0.05) is 0 Å². The maximum absolute atomic E-state index is 12.7. The lowest BCUT2D eigenvalue weighted by atomic mass is 10.2. The molecule has 4 heteroatoms. The van der Waals surface area contributed by atoms with Crippen molar-refractivity contribution in [1.82, 2.24) is 4.98 Å². The molecular weight excluding hydrogens is 161 g/mol. The number of aliphatic hydroxyl groups excluding tert-OH is 1. The summed E-state index contributed by atoms with van der Waals surface area (Å²) >= 11 is 0. The fourth-order valence-electron chi connectivity index (χ4n) is 0.877. The van der Waals surface area contributed by atoms with Crippen LogP contribution in [-0.2, 0) is 6.42 Å². The first-order valence-electron chi connectivity index (χ1n) is 3.57. The summed E-state index contributed by atoms with van der Waals surface area (Å²) < 4.78 is 17.4. The van der Waals surface area contributed by atoms with E-state index in [-0.39, 0.29) is 12.4 Å². The van der Waals surface area contributed by atoms with Crippen molar-refractivity contribution in [2.24, 2.45) is 0 Å². The lowest BCUT2D eigenvalue weighted by molar-refractivity contribution is 0.299. The first kappa shape index (κ1) is 8.93. The number of hydrogen-bond donors (Lipinski definition) is 1. The molecule has 0 unspecified atom stereocenters. The van der Waals surface area contributed by atoms with E-state index in [9.17, 15) is 4.39 Å². The van der Waals surface area contributed by atoms with E-state index in [1.807, 2.05) is 0 Å². The fraction of sp³-hybridized carbons (Fsp3) is 0.375. The van der Waals surface area contributed by atoms with Crippen LogP contribution < -0.4 is 4.74 Å². The van der Waals surface area contributed by atoms with Crippen LogP contribution in [-0.4, -0.2) is 23.8 Å². The van der Waals surface area contributed by atoms with Crippen LogP contribution in [0.3, 0.4) is 0 Å². The van der Waals surface area contributed by atoms with Gasteiger partial charge < -0.3 is 9.84 Å². The molecule has 1 rings (SSSR count). The van der Waals surface area contributed by atoms with Crippen molar-refractivity contribution in [1.29, 1.82) is 0 Å². The third kappa shape index (κ3) is 1.92. The Hall–Kier alpha value is -1.16. The maximum atomic E-state index is 12.7. The van der Waals surface area contributed by atoms with Crippen LogP contribution in [0.4, 0.5) is 4.39 Å². The van der Waals surface area contributed by atoms with E-state index in [1.54, 1.807) is 0 Å². The Balaban J connectivity index is 2.89. The van der Waals surface area contributed by atoms with Crippen LogP contribution in [0.1, 0.15) is 5.56 Å². The van der Waals surface area contributed by atoms with E-state index < -0.39 is 5.95 Å². The molecule has 12 heavy (non-hydrogen) atoms. The van der Waals surface area contributed by atoms with Gasteiger partial charge in [0.25, 0.3) is 5.95 Å². The Morgan fingerprint density at radius 1 is 1.67 bits per heavy atom. The molecule has 0 saturated heterocycles. The normalized spacial score (nSPS) is 9.92. The fourth-order valence-corrected chi connectivity index (χ4v) is 0.877. The summed E-state index contributed by atoms with van der Waals surface area (Å²) in [4.78, 5) is 3.47. The molecule has 66 valence electrons. The van der Waals surface area contributed by atoms with Crippen LogP contribution in [0.5, 0.6) is 5.75 Å². The van der Waals surface area contributed by atoms with Crippen molar-refractivity contribution >= 4 is 0 Å². The van der Waals surface area contributed by atoms with Crippen molar-refractivity contribution in [3.8, 4) is 5.75 Å². The molecule has 0 aliphatic carbocycles. The average molecular weight is 171 g/mol. The monoisotopic (exact) mass is 171 g/mol. The summed E-state index contributed by atoms with van der Waals surface area (Å²) in [6, 6.07) is 1.53. The zero-order chi connectivity index (χ0) is 8.97. The van der Waals surface area contributed by atoms with Gasteiger partial charge in [-0.3, -0.25) is 0 Å². The Morgan fingerprint density at radius 3 is 3.00 bits per heavy atom. The Bertz CT molecular complexity index is 265. The second kappa shape index (κ2) is 4.01. The van der Waals surface area contributed by atoms with Crippen molar-refractivity contribution in [2.45, 2.75) is 6.42 Å². The van der Waals surface area contributed by atoms with Crippen molar-refractivity contribution < 1.29 is 14.2 Å². The first-order chi connectivity index (χ1) is 5.77. The molecular formula is C8H10FNO2. The largest absolute Gasteiger partial charge is 0.492 e. The molecule has 0 saturated carbocycles. The Kier molecular flexibility index (Phi) is 2.99. The van der Waals surface area contributed by atoms with Gasteiger partial charge in [-0.05, 0) is 18.1 Å². The molecule has 0 atom stereocenters. The second-order valence-electron chi connectivity index (χ2n) is 2.31. The first-order valence-corrected chi connectivity index (χ1v) is 3.57. The van der Waals surface area contributed by atoms with Gasteiger partial charge in [0.1, 0.15) is 0 Å². The lowest BCUT2D eigenvalue weighted by Crippen LogP contribution is -1.96. The average Bonchev–Trinajstić information content (AvgIpc) is 2.09. The molecule has 0 aliphatic heterocycles. The molecule has 1 N–H and O–H groups in total. The van der Waals surface area contributed by atoms with Gasteiger partial charge in [0.2, 0.25) is 0 Å². The third-order valence-corrected chi connectivity index (χ3v) is 1.48. The molecule has 0 aromatic carbocycles. The SMILES string of the molecule is COc1cc(CCO)cnc1F. The minimum Gasteiger partial charge on any atom is -0.492 e. The molecule has 0 aliphatic rings. The predicted molar refractivity (Wildman–Crippen MR) is 41.5 cm³/mol. The lowest BCUT2D eigenvalue weighted by Gasteiger charge is -2.02. The summed E-state index contributed by atoms with van der Waals surface area (Å²) in [5.74, 6) is -0.514. The minimum atomic E-state index is -0.626. The van der Waals surface area contributed by atoms with E-state index >= 15 is 0 Å². The van der Waals surface area contributed by atoms with Gasteiger partial charge in [0, 0.05) is 12.8 Å². The van der Waals surface area contributed by atoms with E-state index in [0.29, 0.717) is 6.42 Å². The molecule has 0 radical (unpaired) electrons. The highest BCUT2D eigenvalue weighted by Crippen LogP contribution is 2.15. The van der Waals surface area contributed by atoms with Crippen molar-refractivity contribution in [3.05, 3.63) is 23.8 Å². The van der Waals surface area contributed by atoms with Crippen LogP contribution >= 0.6 is 0 Å². The zero-order valence-corrected chi connectivity index (χ0v) is 6.75. The van der Waals surface area contributed by atoms with Gasteiger partial charge in [-0.15, -0.1) is 0 Å². The number of halogens is 1.